The van der Waals surface area contributed by atoms with Crippen molar-refractivity contribution in [3.8, 4) is 0 Å². The minimum atomic E-state index is 0.335. The predicted octanol–water partition coefficient (Wildman–Crippen LogP) is 3.57. The van der Waals surface area contributed by atoms with Crippen LogP contribution in [0, 0.1) is 5.92 Å². The van der Waals surface area contributed by atoms with E-state index in [-0.39, 0.29) is 0 Å². The minimum absolute atomic E-state index is 0.335. The summed E-state index contributed by atoms with van der Waals surface area (Å²) in [4.78, 5) is 10.7. The molecule has 0 bridgehead atoms. The van der Waals surface area contributed by atoms with Crippen molar-refractivity contribution in [2.45, 2.75) is 59.3 Å². The Bertz CT molecular complexity index is 118. The van der Waals surface area contributed by atoms with Crippen LogP contribution in [0.3, 0.4) is 0 Å². The number of hydrogen-bond acceptors (Lipinski definition) is 1. The first kappa shape index (κ1) is 11.7. The van der Waals surface area contributed by atoms with Gasteiger partial charge in [0, 0.05) is 6.42 Å². The predicted molar refractivity (Wildman–Crippen MR) is 53.2 cm³/mol. The molecule has 0 fully saturated rings. The largest absolute Gasteiger partial charge is 0.300 e. The van der Waals surface area contributed by atoms with E-state index < -0.39 is 0 Å². The highest BCUT2D eigenvalue weighted by atomic mass is 16.1. The molecule has 1 heteroatoms. The summed E-state index contributed by atoms with van der Waals surface area (Å²) in [6, 6.07) is 0. The number of Topliss-reactive ketones (excluding diaryl/α,β-unsaturated/α-hetero) is 1. The number of hydrogen-bond donors (Lipinski definition) is 0. The molecule has 0 rings (SSSR count). The molecule has 0 saturated heterocycles. The molecule has 12 heavy (non-hydrogen) atoms. The standard InChI is InChI=1S/C11H22O/c1-4-7-11(5-2)9-6-8-10(3)12/h11H,4-9H2,1-3H3. The highest BCUT2D eigenvalue weighted by Gasteiger charge is 2.04. The fourth-order valence-electron chi connectivity index (χ4n) is 1.60. The molecule has 0 aliphatic heterocycles. The maximum atomic E-state index is 10.7. The van der Waals surface area contributed by atoms with Crippen molar-refractivity contribution < 1.29 is 4.79 Å². The van der Waals surface area contributed by atoms with Crippen LogP contribution < -0.4 is 0 Å². The van der Waals surface area contributed by atoms with E-state index in [1.807, 2.05) is 0 Å². The SMILES string of the molecule is CCCC(CC)CCCC(C)=O. The Kier molecular flexibility index (Phi) is 7.12. The fourth-order valence-corrected chi connectivity index (χ4v) is 1.60. The van der Waals surface area contributed by atoms with E-state index >= 15 is 0 Å². The van der Waals surface area contributed by atoms with Crippen LogP contribution in [-0.4, -0.2) is 5.78 Å². The summed E-state index contributed by atoms with van der Waals surface area (Å²) in [6.45, 7) is 6.16. The Labute approximate surface area is 76.6 Å². The molecule has 0 radical (unpaired) electrons. The summed E-state index contributed by atoms with van der Waals surface area (Å²) in [7, 11) is 0. The summed E-state index contributed by atoms with van der Waals surface area (Å²) in [5.41, 5.74) is 0. The van der Waals surface area contributed by atoms with E-state index in [2.05, 4.69) is 13.8 Å². The van der Waals surface area contributed by atoms with E-state index in [4.69, 9.17) is 0 Å². The lowest BCUT2D eigenvalue weighted by Crippen LogP contribution is -1.99. The molecule has 72 valence electrons. The lowest BCUT2D eigenvalue weighted by molar-refractivity contribution is -0.117. The first-order valence-corrected chi connectivity index (χ1v) is 5.20. The van der Waals surface area contributed by atoms with Gasteiger partial charge in [-0.25, -0.2) is 0 Å². The summed E-state index contributed by atoms with van der Waals surface area (Å²) < 4.78 is 0. The van der Waals surface area contributed by atoms with Crippen molar-refractivity contribution in [2.24, 2.45) is 5.92 Å². The van der Waals surface area contributed by atoms with E-state index in [1.54, 1.807) is 6.92 Å². The third kappa shape index (κ3) is 6.38. The van der Waals surface area contributed by atoms with E-state index in [0.717, 1.165) is 18.8 Å². The zero-order chi connectivity index (χ0) is 9.40. The van der Waals surface area contributed by atoms with Gasteiger partial charge in [-0.2, -0.15) is 0 Å². The van der Waals surface area contributed by atoms with E-state index in [9.17, 15) is 4.79 Å². The third-order valence-electron chi connectivity index (χ3n) is 2.42. The van der Waals surface area contributed by atoms with E-state index in [1.165, 1.54) is 25.7 Å². The lowest BCUT2D eigenvalue weighted by Gasteiger charge is -2.12. The summed E-state index contributed by atoms with van der Waals surface area (Å²) >= 11 is 0. The Morgan fingerprint density at radius 3 is 2.33 bits per heavy atom. The number of carbonyl (C=O) groups excluding carboxylic acids is 1. The van der Waals surface area contributed by atoms with Crippen molar-refractivity contribution in [2.75, 3.05) is 0 Å². The molecule has 0 aromatic carbocycles. The molecular formula is C11H22O. The van der Waals surface area contributed by atoms with Gasteiger partial charge in [0.25, 0.3) is 0 Å². The van der Waals surface area contributed by atoms with Crippen molar-refractivity contribution in [3.63, 3.8) is 0 Å². The molecule has 0 aliphatic rings. The zero-order valence-corrected chi connectivity index (χ0v) is 8.73. The van der Waals surface area contributed by atoms with Crippen LogP contribution in [0.15, 0.2) is 0 Å². The quantitative estimate of drug-likeness (QED) is 0.571. The molecule has 0 saturated carbocycles. The van der Waals surface area contributed by atoms with Gasteiger partial charge in [-0.05, 0) is 19.3 Å². The maximum absolute atomic E-state index is 10.7. The normalized spacial score (nSPS) is 12.9. The first-order chi connectivity index (χ1) is 5.70. The number of ketones is 1. The van der Waals surface area contributed by atoms with Gasteiger partial charge in [-0.15, -0.1) is 0 Å². The Hall–Kier alpha value is -0.330. The van der Waals surface area contributed by atoms with Crippen LogP contribution in [0.4, 0.5) is 0 Å². The smallest absolute Gasteiger partial charge is 0.129 e. The monoisotopic (exact) mass is 170 g/mol. The molecule has 0 N–H and O–H groups in total. The fraction of sp³-hybridized carbons (Fsp3) is 0.909. The molecule has 0 aromatic rings. The maximum Gasteiger partial charge on any atom is 0.129 e. The second-order valence-corrected chi connectivity index (χ2v) is 3.66. The third-order valence-corrected chi connectivity index (χ3v) is 2.42. The Morgan fingerprint density at radius 2 is 1.92 bits per heavy atom. The van der Waals surface area contributed by atoms with Gasteiger partial charge in [0.1, 0.15) is 5.78 Å². The highest BCUT2D eigenvalue weighted by molar-refractivity contribution is 5.75. The van der Waals surface area contributed by atoms with E-state index in [0.29, 0.717) is 5.78 Å². The summed E-state index contributed by atoms with van der Waals surface area (Å²) in [6.07, 6.45) is 6.98. The molecule has 1 atom stereocenters. The van der Waals surface area contributed by atoms with Crippen molar-refractivity contribution >= 4 is 5.78 Å². The molecular weight excluding hydrogens is 148 g/mol. The second-order valence-electron chi connectivity index (χ2n) is 3.66. The van der Waals surface area contributed by atoms with Crippen LogP contribution >= 0.6 is 0 Å². The molecule has 1 unspecified atom stereocenters. The van der Waals surface area contributed by atoms with Crippen LogP contribution in [0.1, 0.15) is 59.3 Å². The summed E-state index contributed by atoms with van der Waals surface area (Å²) in [5.74, 6) is 1.19. The molecule has 0 amide bonds. The van der Waals surface area contributed by atoms with Crippen molar-refractivity contribution in [1.82, 2.24) is 0 Å². The van der Waals surface area contributed by atoms with Gasteiger partial charge in [-0.3, -0.25) is 0 Å². The topological polar surface area (TPSA) is 17.1 Å². The van der Waals surface area contributed by atoms with Gasteiger partial charge in [0.15, 0.2) is 0 Å². The van der Waals surface area contributed by atoms with Crippen LogP contribution in [-0.2, 0) is 4.79 Å². The second kappa shape index (κ2) is 7.33. The average Bonchev–Trinajstić information content (AvgIpc) is 2.02. The first-order valence-electron chi connectivity index (χ1n) is 5.20. The molecule has 0 spiro atoms. The summed E-state index contributed by atoms with van der Waals surface area (Å²) in [5, 5.41) is 0. The molecule has 1 nitrogen and oxygen atoms in total. The molecule has 0 heterocycles. The van der Waals surface area contributed by atoms with Crippen LogP contribution in [0.5, 0.6) is 0 Å². The average molecular weight is 170 g/mol. The van der Waals surface area contributed by atoms with Gasteiger partial charge < -0.3 is 4.79 Å². The van der Waals surface area contributed by atoms with Crippen LogP contribution in [0.2, 0.25) is 0 Å². The van der Waals surface area contributed by atoms with Gasteiger partial charge >= 0.3 is 0 Å². The van der Waals surface area contributed by atoms with Gasteiger partial charge in [0.2, 0.25) is 0 Å². The number of rotatable bonds is 7. The van der Waals surface area contributed by atoms with Crippen molar-refractivity contribution in [1.29, 1.82) is 0 Å². The van der Waals surface area contributed by atoms with Gasteiger partial charge in [-0.1, -0.05) is 39.5 Å². The minimum Gasteiger partial charge on any atom is -0.300 e. The van der Waals surface area contributed by atoms with Gasteiger partial charge in [0.05, 0.1) is 0 Å². The van der Waals surface area contributed by atoms with Crippen LogP contribution in [0.25, 0.3) is 0 Å². The number of carbonyl (C=O) groups is 1. The highest BCUT2D eigenvalue weighted by Crippen LogP contribution is 2.17. The van der Waals surface area contributed by atoms with Crippen molar-refractivity contribution in [3.05, 3.63) is 0 Å². The Balaban J connectivity index is 3.37. The Morgan fingerprint density at radius 1 is 1.25 bits per heavy atom. The lowest BCUT2D eigenvalue weighted by atomic mass is 9.94. The molecule has 0 aromatic heterocycles. The molecule has 0 aliphatic carbocycles. The zero-order valence-electron chi connectivity index (χ0n) is 8.73.